The van der Waals surface area contributed by atoms with Gasteiger partial charge in [-0.05, 0) is 62.3 Å². The molecule has 0 radical (unpaired) electrons. The van der Waals surface area contributed by atoms with Gasteiger partial charge < -0.3 is 9.88 Å². The minimum absolute atomic E-state index is 0.0329. The molecule has 2 aliphatic rings. The fourth-order valence-corrected chi connectivity index (χ4v) is 5.96. The number of carbonyl (C=O) groups is 1. The number of carbonyl (C=O) groups excluding carboxylic acids is 1. The van der Waals surface area contributed by atoms with Gasteiger partial charge in [-0.25, -0.2) is 4.39 Å². The fraction of sp³-hybridized carbons (Fsp3) is 0.621. The second-order valence-corrected chi connectivity index (χ2v) is 10.3. The molecule has 0 aliphatic heterocycles. The predicted molar refractivity (Wildman–Crippen MR) is 134 cm³/mol. The van der Waals surface area contributed by atoms with Gasteiger partial charge in [0.25, 0.3) is 5.91 Å². The van der Waals surface area contributed by atoms with Gasteiger partial charge >= 0.3 is 0 Å². The molecule has 1 aromatic carbocycles. The summed E-state index contributed by atoms with van der Waals surface area (Å²) in [6.45, 7) is 5.12. The number of nitrogens with one attached hydrogen (secondary N) is 1. The van der Waals surface area contributed by atoms with Crippen molar-refractivity contribution in [3.05, 3.63) is 46.9 Å². The lowest BCUT2D eigenvalue weighted by Gasteiger charge is -2.23. The molecule has 2 fully saturated rings. The van der Waals surface area contributed by atoms with Crippen LogP contribution in [0.3, 0.4) is 0 Å². The van der Waals surface area contributed by atoms with E-state index >= 15 is 0 Å². The smallest absolute Gasteiger partial charge is 0.253 e. The molecule has 33 heavy (non-hydrogen) atoms. The lowest BCUT2D eigenvalue weighted by molar-refractivity contribution is 0.0927. The van der Waals surface area contributed by atoms with Crippen molar-refractivity contribution in [2.24, 2.45) is 5.92 Å². The number of benzene rings is 1. The fourth-order valence-electron chi connectivity index (χ4n) is 5.96. The standard InChI is InChI=1S/C29H41FN2O/c1-3-10-23-15-16-24(30)19-27(23)28-20-26(29(33)31-25-13-8-5-9-14-25)21(2)32(28)18-17-22-11-6-4-7-12-22/h15-16,19-20,22,25H,3-14,17-18H2,1-2H3,(H,31,33). The van der Waals surface area contributed by atoms with Crippen molar-refractivity contribution < 1.29 is 9.18 Å². The third-order valence-corrected chi connectivity index (χ3v) is 7.90. The number of hydrogen-bond donors (Lipinski definition) is 1. The molecule has 0 atom stereocenters. The molecule has 4 rings (SSSR count). The third-order valence-electron chi connectivity index (χ3n) is 7.90. The van der Waals surface area contributed by atoms with Crippen molar-refractivity contribution in [1.29, 1.82) is 0 Å². The van der Waals surface area contributed by atoms with Crippen molar-refractivity contribution >= 4 is 5.91 Å². The first-order chi connectivity index (χ1) is 16.1. The maximum Gasteiger partial charge on any atom is 0.253 e. The van der Waals surface area contributed by atoms with Crippen LogP contribution in [0, 0.1) is 18.7 Å². The van der Waals surface area contributed by atoms with E-state index in [1.165, 1.54) is 51.4 Å². The van der Waals surface area contributed by atoms with Crippen LogP contribution in [0.15, 0.2) is 24.3 Å². The first-order valence-corrected chi connectivity index (χ1v) is 13.4. The second-order valence-electron chi connectivity index (χ2n) is 10.3. The highest BCUT2D eigenvalue weighted by molar-refractivity contribution is 5.97. The normalized spacial score (nSPS) is 17.9. The van der Waals surface area contributed by atoms with E-state index in [0.717, 1.165) is 72.6 Å². The van der Waals surface area contributed by atoms with Crippen molar-refractivity contribution in [3.63, 3.8) is 0 Å². The summed E-state index contributed by atoms with van der Waals surface area (Å²) in [4.78, 5) is 13.3. The summed E-state index contributed by atoms with van der Waals surface area (Å²) in [6.07, 6.45) is 15.5. The summed E-state index contributed by atoms with van der Waals surface area (Å²) >= 11 is 0. The summed E-state index contributed by atoms with van der Waals surface area (Å²) in [5.41, 5.74) is 4.88. The lowest BCUT2D eigenvalue weighted by atomic mass is 9.87. The zero-order valence-electron chi connectivity index (χ0n) is 20.6. The Balaban J connectivity index is 1.66. The van der Waals surface area contributed by atoms with E-state index in [1.807, 2.05) is 12.1 Å². The Morgan fingerprint density at radius 1 is 1.03 bits per heavy atom. The topological polar surface area (TPSA) is 34.0 Å². The zero-order valence-corrected chi connectivity index (χ0v) is 20.6. The number of aryl methyl sites for hydroxylation is 1. The predicted octanol–water partition coefficient (Wildman–Crippen LogP) is 7.59. The first-order valence-electron chi connectivity index (χ1n) is 13.4. The molecule has 0 saturated heterocycles. The Kier molecular flexibility index (Phi) is 8.27. The molecule has 0 spiro atoms. The minimum Gasteiger partial charge on any atom is -0.349 e. The van der Waals surface area contributed by atoms with Crippen molar-refractivity contribution in [2.75, 3.05) is 0 Å². The number of nitrogens with zero attached hydrogens (tertiary/aromatic N) is 1. The molecular weight excluding hydrogens is 411 g/mol. The van der Waals surface area contributed by atoms with Gasteiger partial charge in [0.15, 0.2) is 0 Å². The van der Waals surface area contributed by atoms with E-state index in [0.29, 0.717) is 0 Å². The molecule has 2 aromatic rings. The average molecular weight is 453 g/mol. The van der Waals surface area contributed by atoms with Gasteiger partial charge in [0, 0.05) is 29.5 Å². The van der Waals surface area contributed by atoms with E-state index in [1.54, 1.807) is 12.1 Å². The zero-order chi connectivity index (χ0) is 23.2. The van der Waals surface area contributed by atoms with Crippen LogP contribution in [0.5, 0.6) is 0 Å². The highest BCUT2D eigenvalue weighted by atomic mass is 19.1. The highest BCUT2D eigenvalue weighted by Gasteiger charge is 2.24. The van der Waals surface area contributed by atoms with Crippen LogP contribution in [0.1, 0.15) is 106 Å². The van der Waals surface area contributed by atoms with Gasteiger partial charge in [0.2, 0.25) is 0 Å². The van der Waals surface area contributed by atoms with Gasteiger partial charge in [-0.2, -0.15) is 0 Å². The molecule has 180 valence electrons. The van der Waals surface area contributed by atoms with Gasteiger partial charge in [0.05, 0.1) is 5.56 Å². The summed E-state index contributed by atoms with van der Waals surface area (Å²) in [5, 5.41) is 3.30. The molecule has 3 nitrogen and oxygen atoms in total. The maximum absolute atomic E-state index is 14.4. The van der Waals surface area contributed by atoms with E-state index in [-0.39, 0.29) is 17.8 Å². The first kappa shape index (κ1) is 24.0. The van der Waals surface area contributed by atoms with Crippen molar-refractivity contribution in [3.8, 4) is 11.3 Å². The molecule has 4 heteroatoms. The molecule has 2 saturated carbocycles. The summed E-state index contributed by atoms with van der Waals surface area (Å²) in [6, 6.07) is 7.46. The molecular formula is C29H41FN2O. The van der Waals surface area contributed by atoms with Crippen LogP contribution >= 0.6 is 0 Å². The Bertz CT molecular complexity index is 935. The summed E-state index contributed by atoms with van der Waals surface area (Å²) in [5.74, 6) is 0.580. The SMILES string of the molecule is CCCc1ccc(F)cc1-c1cc(C(=O)NC2CCCCC2)c(C)n1CCC1CCCCC1. The molecule has 1 N–H and O–H groups in total. The third kappa shape index (κ3) is 5.88. The Morgan fingerprint density at radius 2 is 1.73 bits per heavy atom. The van der Waals surface area contributed by atoms with Crippen LogP contribution in [-0.2, 0) is 13.0 Å². The number of hydrogen-bond acceptors (Lipinski definition) is 1. The Hall–Kier alpha value is -2.10. The Labute approximate surface area is 199 Å². The molecule has 1 aromatic heterocycles. The quantitative estimate of drug-likeness (QED) is 0.440. The van der Waals surface area contributed by atoms with E-state index in [4.69, 9.17) is 0 Å². The summed E-state index contributed by atoms with van der Waals surface area (Å²) in [7, 11) is 0. The Morgan fingerprint density at radius 3 is 2.42 bits per heavy atom. The highest BCUT2D eigenvalue weighted by Crippen LogP contribution is 2.33. The van der Waals surface area contributed by atoms with Crippen molar-refractivity contribution in [2.45, 2.75) is 110 Å². The maximum atomic E-state index is 14.4. The largest absolute Gasteiger partial charge is 0.349 e. The summed E-state index contributed by atoms with van der Waals surface area (Å²) < 4.78 is 16.7. The van der Waals surface area contributed by atoms with Gasteiger partial charge in [-0.3, -0.25) is 4.79 Å². The van der Waals surface area contributed by atoms with E-state index < -0.39 is 0 Å². The number of aromatic nitrogens is 1. The molecule has 0 unspecified atom stereocenters. The monoisotopic (exact) mass is 452 g/mol. The van der Waals surface area contributed by atoms with Gasteiger partial charge in [0.1, 0.15) is 5.82 Å². The van der Waals surface area contributed by atoms with Crippen LogP contribution < -0.4 is 5.32 Å². The average Bonchev–Trinajstić information content (AvgIpc) is 3.16. The van der Waals surface area contributed by atoms with E-state index in [9.17, 15) is 9.18 Å². The molecule has 0 bridgehead atoms. The molecule has 1 amide bonds. The number of amides is 1. The van der Waals surface area contributed by atoms with E-state index in [2.05, 4.69) is 23.7 Å². The molecule has 1 heterocycles. The van der Waals surface area contributed by atoms with Gasteiger partial charge in [-0.15, -0.1) is 0 Å². The molecule has 2 aliphatic carbocycles. The lowest BCUT2D eigenvalue weighted by Crippen LogP contribution is -2.36. The van der Waals surface area contributed by atoms with Crippen LogP contribution in [-0.4, -0.2) is 16.5 Å². The van der Waals surface area contributed by atoms with Crippen LogP contribution in [0.2, 0.25) is 0 Å². The van der Waals surface area contributed by atoms with Gasteiger partial charge in [-0.1, -0.05) is 70.8 Å². The van der Waals surface area contributed by atoms with Crippen molar-refractivity contribution in [1.82, 2.24) is 9.88 Å². The van der Waals surface area contributed by atoms with Crippen LogP contribution in [0.4, 0.5) is 4.39 Å². The number of rotatable bonds is 8. The minimum atomic E-state index is -0.212. The van der Waals surface area contributed by atoms with Crippen LogP contribution in [0.25, 0.3) is 11.3 Å². The second kappa shape index (κ2) is 11.4. The number of halogens is 1.